The number of aliphatic carboxylic acids is 1. The Labute approximate surface area is 171 Å². The van der Waals surface area contributed by atoms with Crippen LogP contribution in [0.15, 0.2) is 12.1 Å². The van der Waals surface area contributed by atoms with Gasteiger partial charge in [0.15, 0.2) is 5.82 Å². The first-order chi connectivity index (χ1) is 14.1. The first-order valence-corrected chi connectivity index (χ1v) is 10.6. The van der Waals surface area contributed by atoms with Gasteiger partial charge in [0.2, 0.25) is 5.91 Å². The van der Waals surface area contributed by atoms with Crippen molar-refractivity contribution in [3.05, 3.63) is 23.5 Å². The summed E-state index contributed by atoms with van der Waals surface area (Å²) in [5.41, 5.74) is -0.279. The number of carbonyl (C=O) groups excluding carboxylic acids is 2. The van der Waals surface area contributed by atoms with Crippen LogP contribution in [0.5, 0.6) is 5.75 Å². The molecule has 2 heterocycles. The van der Waals surface area contributed by atoms with E-state index in [2.05, 4.69) is 5.32 Å². The van der Waals surface area contributed by atoms with Crippen LogP contribution in [0.2, 0.25) is 0 Å². The maximum atomic E-state index is 14.5. The van der Waals surface area contributed by atoms with Gasteiger partial charge in [0.05, 0.1) is 0 Å². The van der Waals surface area contributed by atoms with Gasteiger partial charge in [-0.1, -0.05) is 0 Å². The van der Waals surface area contributed by atoms with Gasteiger partial charge in [-0.3, -0.25) is 14.4 Å². The summed E-state index contributed by atoms with van der Waals surface area (Å²) < 4.78 is 40.5. The van der Waals surface area contributed by atoms with Crippen LogP contribution in [0.1, 0.15) is 24.8 Å². The third-order valence-electron chi connectivity index (χ3n) is 4.84. The molecule has 11 nitrogen and oxygen atoms in total. The highest BCUT2D eigenvalue weighted by Gasteiger charge is 2.37. The van der Waals surface area contributed by atoms with Gasteiger partial charge in [-0.2, -0.15) is 8.42 Å². The maximum absolute atomic E-state index is 14.5. The van der Waals surface area contributed by atoms with Gasteiger partial charge in [0, 0.05) is 25.7 Å². The molecule has 1 atom stereocenters. The minimum absolute atomic E-state index is 0.125. The Morgan fingerprint density at radius 3 is 2.67 bits per heavy atom. The van der Waals surface area contributed by atoms with Crippen molar-refractivity contribution in [2.45, 2.75) is 31.8 Å². The SMILES string of the molecule is O=C(O)CC(=O)N1CCC[C@H](NCc2cc(O)c(N3CC(=O)NS3(=O)=O)c(F)c2)C1. The van der Waals surface area contributed by atoms with Crippen LogP contribution in [0.25, 0.3) is 0 Å². The smallest absolute Gasteiger partial charge is 0.326 e. The van der Waals surface area contributed by atoms with Crippen LogP contribution >= 0.6 is 0 Å². The molecule has 0 aromatic heterocycles. The number of hydrogen-bond donors (Lipinski definition) is 4. The average Bonchev–Trinajstić information content (AvgIpc) is 2.91. The third kappa shape index (κ3) is 4.79. The second-order valence-corrected chi connectivity index (χ2v) is 8.71. The lowest BCUT2D eigenvalue weighted by molar-refractivity contribution is -0.144. The number of carboxylic acid groups (broad SMARTS) is 1. The first-order valence-electron chi connectivity index (χ1n) is 9.14. The molecule has 0 saturated carbocycles. The number of amides is 2. The topological polar surface area (TPSA) is 156 Å². The number of phenols is 1. The number of carboxylic acids is 1. The van der Waals surface area contributed by atoms with Crippen molar-refractivity contribution >= 4 is 33.7 Å². The molecule has 2 amide bonds. The fraction of sp³-hybridized carbons (Fsp3) is 0.471. The first kappa shape index (κ1) is 21.8. The Morgan fingerprint density at radius 1 is 1.33 bits per heavy atom. The van der Waals surface area contributed by atoms with Crippen LogP contribution < -0.4 is 14.3 Å². The van der Waals surface area contributed by atoms with E-state index in [4.69, 9.17) is 5.11 Å². The van der Waals surface area contributed by atoms with E-state index in [0.29, 0.717) is 29.4 Å². The fourth-order valence-electron chi connectivity index (χ4n) is 3.51. The summed E-state index contributed by atoms with van der Waals surface area (Å²) in [6.45, 7) is 0.261. The highest BCUT2D eigenvalue weighted by Crippen LogP contribution is 2.34. The van der Waals surface area contributed by atoms with E-state index in [1.807, 2.05) is 0 Å². The van der Waals surface area contributed by atoms with E-state index < -0.39 is 58.2 Å². The molecule has 0 unspecified atom stereocenters. The lowest BCUT2D eigenvalue weighted by Gasteiger charge is -2.33. The number of carbonyl (C=O) groups is 3. The zero-order valence-corrected chi connectivity index (χ0v) is 16.6. The van der Waals surface area contributed by atoms with Crippen molar-refractivity contribution in [3.8, 4) is 5.75 Å². The Hall–Kier alpha value is -2.93. The lowest BCUT2D eigenvalue weighted by Crippen LogP contribution is -2.48. The Bertz CT molecular complexity index is 961. The standard InChI is InChI=1S/C17H21FN4O7S/c18-12-4-10(5-13(23)17(12)22-9-14(24)20-30(22,28)29)7-19-11-2-1-3-21(8-11)15(25)6-16(26)27/h4-5,11,19,23H,1-3,6-9H2,(H,20,24)(H,26,27)/t11-/m0/s1. The summed E-state index contributed by atoms with van der Waals surface area (Å²) >= 11 is 0. The van der Waals surface area contributed by atoms with Crippen molar-refractivity contribution < 1.29 is 37.4 Å². The van der Waals surface area contributed by atoms with Gasteiger partial charge < -0.3 is 20.4 Å². The third-order valence-corrected chi connectivity index (χ3v) is 6.22. The number of hydrogen-bond acceptors (Lipinski definition) is 7. The molecule has 2 fully saturated rings. The van der Waals surface area contributed by atoms with Crippen molar-refractivity contribution in [2.75, 3.05) is 23.9 Å². The molecule has 3 rings (SSSR count). The summed E-state index contributed by atoms with van der Waals surface area (Å²) in [6, 6.07) is 2.10. The van der Waals surface area contributed by atoms with Crippen LogP contribution in [0.3, 0.4) is 0 Å². The number of aromatic hydroxyl groups is 1. The van der Waals surface area contributed by atoms with E-state index in [-0.39, 0.29) is 12.6 Å². The Morgan fingerprint density at radius 2 is 2.07 bits per heavy atom. The number of rotatable bonds is 6. The van der Waals surface area contributed by atoms with Crippen LogP contribution in [-0.2, 0) is 31.1 Å². The highest BCUT2D eigenvalue weighted by atomic mass is 32.2. The minimum atomic E-state index is -4.26. The molecule has 0 radical (unpaired) electrons. The molecule has 30 heavy (non-hydrogen) atoms. The van der Waals surface area contributed by atoms with E-state index in [1.165, 1.54) is 11.0 Å². The summed E-state index contributed by atoms with van der Waals surface area (Å²) in [7, 11) is -4.26. The van der Waals surface area contributed by atoms with Crippen molar-refractivity contribution in [2.24, 2.45) is 0 Å². The van der Waals surface area contributed by atoms with Gasteiger partial charge >= 0.3 is 16.2 Å². The summed E-state index contributed by atoms with van der Waals surface area (Å²) in [6.07, 6.45) is 0.822. The van der Waals surface area contributed by atoms with Crippen LogP contribution in [0, 0.1) is 5.82 Å². The predicted molar refractivity (Wildman–Crippen MR) is 101 cm³/mol. The van der Waals surface area contributed by atoms with Crippen molar-refractivity contribution in [1.29, 1.82) is 0 Å². The van der Waals surface area contributed by atoms with E-state index in [1.54, 1.807) is 4.72 Å². The normalized spacial score (nSPS) is 20.8. The molecule has 0 bridgehead atoms. The molecule has 1 aromatic carbocycles. The van der Waals surface area contributed by atoms with Crippen LogP contribution in [0.4, 0.5) is 10.1 Å². The Kier molecular flexibility index (Phi) is 6.12. The number of halogens is 1. The summed E-state index contributed by atoms with van der Waals surface area (Å²) in [5, 5.41) is 22.0. The molecule has 2 saturated heterocycles. The Balaban J connectivity index is 1.66. The van der Waals surface area contributed by atoms with E-state index in [9.17, 15) is 32.3 Å². The monoisotopic (exact) mass is 444 g/mol. The molecule has 2 aliphatic heterocycles. The molecule has 164 valence electrons. The van der Waals surface area contributed by atoms with Gasteiger partial charge in [0.1, 0.15) is 24.4 Å². The minimum Gasteiger partial charge on any atom is -0.506 e. The number of benzene rings is 1. The molecule has 4 N–H and O–H groups in total. The predicted octanol–water partition coefficient (Wildman–Crippen LogP) is -0.732. The number of likely N-dealkylation sites (tertiary alicyclic amines) is 1. The molecule has 0 aliphatic carbocycles. The van der Waals surface area contributed by atoms with E-state index >= 15 is 0 Å². The number of nitrogens with zero attached hydrogens (tertiary/aromatic N) is 2. The number of piperidine rings is 1. The van der Waals surface area contributed by atoms with Gasteiger partial charge in [0.25, 0.3) is 5.91 Å². The van der Waals surface area contributed by atoms with Crippen LogP contribution in [-0.4, -0.2) is 67.0 Å². The summed E-state index contributed by atoms with van der Waals surface area (Å²) in [4.78, 5) is 35.4. The number of phenolic OH excluding ortho intramolecular Hbond substituents is 1. The van der Waals surface area contributed by atoms with E-state index in [0.717, 1.165) is 12.5 Å². The fourth-order valence-corrected chi connectivity index (χ4v) is 4.68. The quantitative estimate of drug-likeness (QED) is 0.418. The lowest BCUT2D eigenvalue weighted by atomic mass is 10.0. The highest BCUT2D eigenvalue weighted by molar-refractivity contribution is 7.92. The molecule has 13 heteroatoms. The second-order valence-electron chi connectivity index (χ2n) is 7.11. The number of anilines is 1. The number of nitrogens with one attached hydrogen (secondary N) is 2. The second kappa shape index (κ2) is 8.44. The zero-order valence-electron chi connectivity index (χ0n) is 15.8. The molecular formula is C17H21FN4O7S. The maximum Gasteiger partial charge on any atom is 0.326 e. The summed E-state index contributed by atoms with van der Waals surface area (Å²) in [5.74, 6) is -4.14. The molecule has 1 aromatic rings. The molecular weight excluding hydrogens is 423 g/mol. The van der Waals surface area contributed by atoms with Gasteiger partial charge in [-0.05, 0) is 30.5 Å². The molecule has 2 aliphatic rings. The van der Waals surface area contributed by atoms with Gasteiger partial charge in [-0.25, -0.2) is 13.4 Å². The zero-order chi connectivity index (χ0) is 22.1. The van der Waals surface area contributed by atoms with Crippen molar-refractivity contribution in [3.63, 3.8) is 0 Å². The average molecular weight is 444 g/mol. The van der Waals surface area contributed by atoms with Crippen molar-refractivity contribution in [1.82, 2.24) is 14.9 Å². The molecule has 0 spiro atoms. The largest absolute Gasteiger partial charge is 0.506 e. The van der Waals surface area contributed by atoms with Gasteiger partial charge in [-0.15, -0.1) is 0 Å².